The lowest BCUT2D eigenvalue weighted by Gasteiger charge is -2.35. The smallest absolute Gasteiger partial charge is 0.0379 e. The fourth-order valence-electron chi connectivity index (χ4n) is 2.03. The average molecular weight is 269 g/mol. The highest BCUT2D eigenvalue weighted by Gasteiger charge is 2.21. The van der Waals surface area contributed by atoms with E-state index in [1.54, 1.807) is 0 Å². The molecule has 0 amide bonds. The maximum Gasteiger partial charge on any atom is 0.0379 e. The minimum Gasteiger partial charge on any atom is -0.305 e. The van der Waals surface area contributed by atoms with E-state index < -0.39 is 0 Å². The third-order valence-corrected chi connectivity index (χ3v) is 3.62. The fraction of sp³-hybridized carbons (Fsp3) is 1.00. The molecule has 4 heteroatoms. The molecule has 16 heavy (non-hydrogen) atoms. The van der Waals surface area contributed by atoms with Crippen LogP contribution in [0.25, 0.3) is 0 Å². The van der Waals surface area contributed by atoms with Crippen molar-refractivity contribution in [1.82, 2.24) is 9.80 Å². The molecule has 0 rings (SSSR count). The van der Waals surface area contributed by atoms with Gasteiger partial charge in [-0.3, -0.25) is 4.90 Å². The number of halogens is 2. The van der Waals surface area contributed by atoms with Gasteiger partial charge in [0.2, 0.25) is 0 Å². The second-order valence-electron chi connectivity index (χ2n) is 4.88. The van der Waals surface area contributed by atoms with Crippen LogP contribution in [0.15, 0.2) is 0 Å². The van der Waals surface area contributed by atoms with Crippen molar-refractivity contribution in [2.24, 2.45) is 0 Å². The predicted octanol–water partition coefficient (Wildman–Crippen LogP) is 2.88. The van der Waals surface area contributed by atoms with Crippen LogP contribution < -0.4 is 0 Å². The molecule has 0 N–H and O–H groups in total. The van der Waals surface area contributed by atoms with Gasteiger partial charge in [-0.1, -0.05) is 0 Å². The van der Waals surface area contributed by atoms with Crippen LogP contribution in [0.1, 0.15) is 27.2 Å². The quantitative estimate of drug-likeness (QED) is 0.625. The first-order valence-electron chi connectivity index (χ1n) is 5.98. The van der Waals surface area contributed by atoms with Crippen LogP contribution in [0, 0.1) is 0 Å². The van der Waals surface area contributed by atoms with Crippen molar-refractivity contribution in [3.8, 4) is 0 Å². The molecule has 0 aromatic carbocycles. The summed E-state index contributed by atoms with van der Waals surface area (Å²) in [6.07, 6.45) is 1.09. The molecule has 0 bridgehead atoms. The Balaban J connectivity index is 4.32. The largest absolute Gasteiger partial charge is 0.305 e. The Morgan fingerprint density at radius 3 is 1.94 bits per heavy atom. The van der Waals surface area contributed by atoms with Crippen LogP contribution in [0.2, 0.25) is 0 Å². The molecule has 2 unspecified atom stereocenters. The van der Waals surface area contributed by atoms with Crippen LogP contribution >= 0.6 is 23.2 Å². The summed E-state index contributed by atoms with van der Waals surface area (Å²) in [6.45, 7) is 7.64. The molecule has 2 nitrogen and oxygen atoms in total. The maximum atomic E-state index is 5.98. The third-order valence-electron chi connectivity index (χ3n) is 3.09. The van der Waals surface area contributed by atoms with Crippen molar-refractivity contribution in [3.05, 3.63) is 0 Å². The van der Waals surface area contributed by atoms with Gasteiger partial charge in [-0.15, -0.1) is 23.2 Å². The first kappa shape index (κ1) is 16.5. The number of hydrogen-bond donors (Lipinski definition) is 0. The molecule has 2 atom stereocenters. The summed E-state index contributed by atoms with van der Waals surface area (Å²) in [6, 6.07) is 1.49. The molecule has 0 heterocycles. The molecule has 0 aliphatic carbocycles. The summed E-state index contributed by atoms with van der Waals surface area (Å²) >= 11 is 11.8. The summed E-state index contributed by atoms with van der Waals surface area (Å²) in [5.41, 5.74) is 0. The molecule has 0 aromatic heterocycles. The van der Waals surface area contributed by atoms with Gasteiger partial charge in [-0.2, -0.15) is 0 Å². The fourth-order valence-corrected chi connectivity index (χ4v) is 2.62. The van der Waals surface area contributed by atoms with E-state index >= 15 is 0 Å². The molecule has 0 fully saturated rings. The van der Waals surface area contributed by atoms with Gasteiger partial charge in [0.1, 0.15) is 0 Å². The van der Waals surface area contributed by atoms with Crippen molar-refractivity contribution in [2.75, 3.05) is 32.4 Å². The first-order chi connectivity index (χ1) is 7.43. The van der Waals surface area contributed by atoms with E-state index in [1.165, 1.54) is 0 Å². The van der Waals surface area contributed by atoms with E-state index in [0.29, 0.717) is 29.9 Å². The first-order valence-corrected chi connectivity index (χ1v) is 7.05. The highest BCUT2D eigenvalue weighted by atomic mass is 35.5. The molecule has 0 saturated carbocycles. The number of hydrogen-bond acceptors (Lipinski definition) is 2. The van der Waals surface area contributed by atoms with Crippen molar-refractivity contribution < 1.29 is 0 Å². The molecule has 0 radical (unpaired) electrons. The van der Waals surface area contributed by atoms with Gasteiger partial charge in [0, 0.05) is 36.4 Å². The average Bonchev–Trinajstić information content (AvgIpc) is 2.21. The Hall–Kier alpha value is 0.500. The normalized spacial score (nSPS) is 16.1. The van der Waals surface area contributed by atoms with E-state index in [4.69, 9.17) is 23.2 Å². The zero-order valence-electron chi connectivity index (χ0n) is 11.2. The van der Waals surface area contributed by atoms with Crippen molar-refractivity contribution in [2.45, 2.75) is 45.3 Å². The maximum absolute atomic E-state index is 5.98. The van der Waals surface area contributed by atoms with Gasteiger partial charge in [-0.05, 0) is 41.3 Å². The Morgan fingerprint density at radius 2 is 1.62 bits per heavy atom. The molecule has 0 spiro atoms. The number of rotatable bonds is 8. The summed E-state index contributed by atoms with van der Waals surface area (Å²) in [5.74, 6) is 1.38. The molecule has 0 saturated heterocycles. The third kappa shape index (κ3) is 5.72. The minimum absolute atomic E-state index is 0.438. The Bertz CT molecular complexity index is 174. The predicted molar refractivity (Wildman–Crippen MR) is 74.8 cm³/mol. The molecule has 98 valence electrons. The van der Waals surface area contributed by atoms with E-state index in [0.717, 1.165) is 13.0 Å². The lowest BCUT2D eigenvalue weighted by molar-refractivity contribution is 0.141. The Labute approximate surface area is 111 Å². The van der Waals surface area contributed by atoms with Gasteiger partial charge in [-0.25, -0.2) is 0 Å². The Morgan fingerprint density at radius 1 is 1.06 bits per heavy atom. The van der Waals surface area contributed by atoms with Crippen LogP contribution in [-0.2, 0) is 0 Å². The standard InChI is InChI=1S/C12H26Cl2N2/c1-10(2)16(7-6-13)11(3)8-12(9-14)15(4)5/h10-12H,6-9H2,1-5H3. The van der Waals surface area contributed by atoms with Gasteiger partial charge in [0.25, 0.3) is 0 Å². The molecular formula is C12H26Cl2N2. The minimum atomic E-state index is 0.438. The number of nitrogens with zero attached hydrogens (tertiary/aromatic N) is 2. The van der Waals surface area contributed by atoms with E-state index in [1.807, 2.05) is 0 Å². The molecule has 0 aromatic rings. The second kappa shape index (κ2) is 8.57. The molecule has 0 aliphatic heterocycles. The monoisotopic (exact) mass is 268 g/mol. The van der Waals surface area contributed by atoms with Gasteiger partial charge >= 0.3 is 0 Å². The van der Waals surface area contributed by atoms with Gasteiger partial charge in [0.15, 0.2) is 0 Å². The lowest BCUT2D eigenvalue weighted by atomic mass is 10.1. The van der Waals surface area contributed by atoms with Gasteiger partial charge < -0.3 is 4.90 Å². The van der Waals surface area contributed by atoms with Crippen LogP contribution in [0.3, 0.4) is 0 Å². The highest BCUT2D eigenvalue weighted by Crippen LogP contribution is 2.14. The second-order valence-corrected chi connectivity index (χ2v) is 5.56. The highest BCUT2D eigenvalue weighted by molar-refractivity contribution is 6.18. The lowest BCUT2D eigenvalue weighted by Crippen LogP contribution is -2.44. The summed E-state index contributed by atoms with van der Waals surface area (Å²) in [7, 11) is 4.17. The van der Waals surface area contributed by atoms with Gasteiger partial charge in [0.05, 0.1) is 0 Å². The molecule has 0 aliphatic rings. The zero-order chi connectivity index (χ0) is 12.7. The summed E-state index contributed by atoms with van der Waals surface area (Å²) < 4.78 is 0. The summed E-state index contributed by atoms with van der Waals surface area (Å²) in [4.78, 5) is 4.64. The van der Waals surface area contributed by atoms with Crippen molar-refractivity contribution in [3.63, 3.8) is 0 Å². The Kier molecular flexibility index (Phi) is 8.84. The SMILES string of the molecule is CC(C)N(CCCl)C(C)CC(CCl)N(C)C. The van der Waals surface area contributed by atoms with E-state index in [-0.39, 0.29) is 0 Å². The van der Waals surface area contributed by atoms with Crippen molar-refractivity contribution >= 4 is 23.2 Å². The summed E-state index contributed by atoms with van der Waals surface area (Å²) in [5, 5.41) is 0. The zero-order valence-corrected chi connectivity index (χ0v) is 12.7. The molecular weight excluding hydrogens is 243 g/mol. The number of alkyl halides is 2. The van der Waals surface area contributed by atoms with E-state index in [2.05, 4.69) is 44.7 Å². The van der Waals surface area contributed by atoms with Crippen LogP contribution in [-0.4, -0.2) is 60.3 Å². The van der Waals surface area contributed by atoms with Crippen LogP contribution in [0.4, 0.5) is 0 Å². The van der Waals surface area contributed by atoms with E-state index in [9.17, 15) is 0 Å². The topological polar surface area (TPSA) is 6.48 Å². The van der Waals surface area contributed by atoms with Crippen molar-refractivity contribution in [1.29, 1.82) is 0 Å². The van der Waals surface area contributed by atoms with Crippen LogP contribution in [0.5, 0.6) is 0 Å².